The summed E-state index contributed by atoms with van der Waals surface area (Å²) in [6.45, 7) is 3.69. The highest BCUT2D eigenvalue weighted by atomic mass is 16.5. The average Bonchev–Trinajstić information content (AvgIpc) is 2.61. The van der Waals surface area contributed by atoms with E-state index < -0.39 is 0 Å². The molecule has 106 valence electrons. The van der Waals surface area contributed by atoms with Gasteiger partial charge in [-0.15, -0.1) is 0 Å². The fourth-order valence-corrected chi connectivity index (χ4v) is 3.77. The first-order valence-electron chi connectivity index (χ1n) is 7.76. The Morgan fingerprint density at radius 2 is 1.78 bits per heavy atom. The molecule has 0 amide bonds. The number of hydrogen-bond donors (Lipinski definition) is 1. The van der Waals surface area contributed by atoms with E-state index in [1.54, 1.807) is 0 Å². The highest BCUT2D eigenvalue weighted by Crippen LogP contribution is 2.41. The Morgan fingerprint density at radius 3 is 2.28 bits per heavy atom. The van der Waals surface area contributed by atoms with Crippen LogP contribution in [0.15, 0.2) is 0 Å². The molecule has 2 fully saturated rings. The van der Waals surface area contributed by atoms with E-state index in [1.807, 2.05) is 0 Å². The molecule has 0 bridgehead atoms. The van der Waals surface area contributed by atoms with Crippen LogP contribution in [0.25, 0.3) is 0 Å². The van der Waals surface area contributed by atoms with Crippen molar-refractivity contribution in [1.29, 1.82) is 0 Å². The molecule has 2 N–H and O–H groups in total. The molecule has 3 heteroatoms. The minimum absolute atomic E-state index is 0.231. The molecule has 2 aliphatic rings. The van der Waals surface area contributed by atoms with Gasteiger partial charge < -0.3 is 10.5 Å². The Balaban J connectivity index is 1.91. The van der Waals surface area contributed by atoms with Gasteiger partial charge in [0.15, 0.2) is 0 Å². The highest BCUT2D eigenvalue weighted by molar-refractivity contribution is 5.05. The van der Waals surface area contributed by atoms with Crippen molar-refractivity contribution < 1.29 is 4.74 Å². The summed E-state index contributed by atoms with van der Waals surface area (Å²) < 4.78 is 5.71. The lowest BCUT2D eigenvalue weighted by Crippen LogP contribution is -2.65. The van der Waals surface area contributed by atoms with Gasteiger partial charge in [0, 0.05) is 24.7 Å². The van der Waals surface area contributed by atoms with Crippen LogP contribution in [0.5, 0.6) is 0 Å². The van der Waals surface area contributed by atoms with Gasteiger partial charge >= 0.3 is 0 Å². The first-order valence-corrected chi connectivity index (χ1v) is 7.76. The van der Waals surface area contributed by atoms with Crippen LogP contribution >= 0.6 is 0 Å². The molecule has 0 aromatic carbocycles. The maximum absolute atomic E-state index is 6.08. The number of nitrogens with two attached hydrogens (primary N) is 1. The first-order chi connectivity index (χ1) is 8.72. The van der Waals surface area contributed by atoms with E-state index in [2.05, 4.69) is 18.9 Å². The Hall–Kier alpha value is -0.120. The van der Waals surface area contributed by atoms with E-state index in [1.165, 1.54) is 38.5 Å². The summed E-state index contributed by atoms with van der Waals surface area (Å²) in [5, 5.41) is 0. The molecule has 0 aromatic heterocycles. The van der Waals surface area contributed by atoms with Crippen LogP contribution in [0.2, 0.25) is 0 Å². The lowest BCUT2D eigenvalue weighted by Gasteiger charge is -2.54. The largest absolute Gasteiger partial charge is 0.378 e. The zero-order valence-corrected chi connectivity index (χ0v) is 12.2. The monoisotopic (exact) mass is 254 g/mol. The lowest BCUT2D eigenvalue weighted by molar-refractivity contribution is -0.105. The third-order valence-corrected chi connectivity index (χ3v) is 5.12. The summed E-state index contributed by atoms with van der Waals surface area (Å²) in [5.74, 6) is 0. The normalized spacial score (nSPS) is 34.3. The van der Waals surface area contributed by atoms with Crippen molar-refractivity contribution >= 4 is 0 Å². The molecule has 3 nitrogen and oxygen atoms in total. The Bertz CT molecular complexity index is 243. The second-order valence-corrected chi connectivity index (χ2v) is 6.17. The van der Waals surface area contributed by atoms with E-state index in [0.29, 0.717) is 6.10 Å². The standard InChI is InChI=1S/C15H30N2O/c1-3-18-14-10-15(11-14,12-16)17(2)13-8-6-4-5-7-9-13/h13-14H,3-12,16H2,1-2H3. The summed E-state index contributed by atoms with van der Waals surface area (Å²) in [6, 6.07) is 0.749. The molecular weight excluding hydrogens is 224 g/mol. The molecule has 2 saturated carbocycles. The van der Waals surface area contributed by atoms with Crippen LogP contribution in [0.1, 0.15) is 58.3 Å². The van der Waals surface area contributed by atoms with Gasteiger partial charge in [0.05, 0.1) is 6.10 Å². The summed E-state index contributed by atoms with van der Waals surface area (Å²) >= 11 is 0. The molecule has 0 saturated heterocycles. The Morgan fingerprint density at radius 1 is 1.17 bits per heavy atom. The maximum atomic E-state index is 6.08. The lowest BCUT2D eigenvalue weighted by atomic mass is 9.72. The number of ether oxygens (including phenoxy) is 1. The Labute approximate surface area is 112 Å². The van der Waals surface area contributed by atoms with E-state index in [0.717, 1.165) is 32.0 Å². The third kappa shape index (κ3) is 2.89. The second kappa shape index (κ2) is 6.36. The molecular formula is C15H30N2O. The minimum atomic E-state index is 0.231. The van der Waals surface area contributed by atoms with E-state index in [-0.39, 0.29) is 5.54 Å². The summed E-state index contributed by atoms with van der Waals surface area (Å²) in [5.41, 5.74) is 6.31. The van der Waals surface area contributed by atoms with Gasteiger partial charge in [0.25, 0.3) is 0 Å². The zero-order chi connectivity index (χ0) is 13.0. The van der Waals surface area contributed by atoms with Crippen molar-refractivity contribution in [2.24, 2.45) is 5.73 Å². The Kier molecular flexibility index (Phi) is 5.05. The van der Waals surface area contributed by atoms with Crippen LogP contribution < -0.4 is 5.73 Å². The van der Waals surface area contributed by atoms with Gasteiger partial charge in [-0.25, -0.2) is 0 Å². The van der Waals surface area contributed by atoms with Crippen molar-refractivity contribution in [2.45, 2.75) is 76.0 Å². The number of rotatable bonds is 5. The van der Waals surface area contributed by atoms with Gasteiger partial charge in [-0.2, -0.15) is 0 Å². The van der Waals surface area contributed by atoms with Crippen molar-refractivity contribution in [2.75, 3.05) is 20.2 Å². The van der Waals surface area contributed by atoms with Crippen molar-refractivity contribution in [3.05, 3.63) is 0 Å². The SMILES string of the molecule is CCOC1CC(CN)(N(C)C2CCCCCC2)C1. The predicted octanol–water partition coefficient (Wildman–Crippen LogP) is 2.54. The molecule has 0 aromatic rings. The summed E-state index contributed by atoms with van der Waals surface area (Å²) in [4.78, 5) is 2.60. The van der Waals surface area contributed by atoms with Crippen LogP contribution in [0, 0.1) is 0 Å². The zero-order valence-electron chi connectivity index (χ0n) is 12.2. The minimum Gasteiger partial charge on any atom is -0.378 e. The molecule has 0 unspecified atom stereocenters. The van der Waals surface area contributed by atoms with Gasteiger partial charge in [-0.3, -0.25) is 4.90 Å². The van der Waals surface area contributed by atoms with Crippen molar-refractivity contribution in [3.63, 3.8) is 0 Å². The molecule has 0 radical (unpaired) electrons. The second-order valence-electron chi connectivity index (χ2n) is 6.17. The van der Waals surface area contributed by atoms with Gasteiger partial charge in [-0.1, -0.05) is 25.7 Å². The fraction of sp³-hybridized carbons (Fsp3) is 1.00. The topological polar surface area (TPSA) is 38.5 Å². The fourth-order valence-electron chi connectivity index (χ4n) is 3.77. The summed E-state index contributed by atoms with van der Waals surface area (Å²) in [6.07, 6.45) is 11.0. The van der Waals surface area contributed by atoms with E-state index in [4.69, 9.17) is 10.5 Å². The molecule has 0 heterocycles. The average molecular weight is 254 g/mol. The van der Waals surface area contributed by atoms with Crippen molar-refractivity contribution in [3.8, 4) is 0 Å². The van der Waals surface area contributed by atoms with Crippen LogP contribution in [-0.2, 0) is 4.74 Å². The quantitative estimate of drug-likeness (QED) is 0.766. The number of nitrogens with zero attached hydrogens (tertiary/aromatic N) is 1. The van der Waals surface area contributed by atoms with Crippen molar-refractivity contribution in [1.82, 2.24) is 4.90 Å². The first kappa shape index (κ1) is 14.3. The van der Waals surface area contributed by atoms with Crippen LogP contribution in [-0.4, -0.2) is 42.8 Å². The molecule has 18 heavy (non-hydrogen) atoms. The maximum Gasteiger partial charge on any atom is 0.0611 e. The van der Waals surface area contributed by atoms with E-state index >= 15 is 0 Å². The molecule has 0 atom stereocenters. The van der Waals surface area contributed by atoms with Gasteiger partial charge in [0.1, 0.15) is 0 Å². The van der Waals surface area contributed by atoms with Gasteiger partial charge in [-0.05, 0) is 39.7 Å². The van der Waals surface area contributed by atoms with Gasteiger partial charge in [0.2, 0.25) is 0 Å². The molecule has 0 spiro atoms. The molecule has 0 aliphatic heterocycles. The third-order valence-electron chi connectivity index (χ3n) is 5.12. The molecule has 2 aliphatic carbocycles. The number of hydrogen-bond acceptors (Lipinski definition) is 3. The van der Waals surface area contributed by atoms with Crippen LogP contribution in [0.4, 0.5) is 0 Å². The number of likely N-dealkylation sites (N-methyl/N-ethyl adjacent to an activating group) is 1. The predicted molar refractivity (Wildman–Crippen MR) is 75.7 cm³/mol. The highest BCUT2D eigenvalue weighted by Gasteiger charge is 2.48. The molecule has 2 rings (SSSR count). The summed E-state index contributed by atoms with van der Waals surface area (Å²) in [7, 11) is 2.30. The van der Waals surface area contributed by atoms with E-state index in [9.17, 15) is 0 Å². The van der Waals surface area contributed by atoms with Crippen LogP contribution in [0.3, 0.4) is 0 Å². The smallest absolute Gasteiger partial charge is 0.0611 e.